The smallest absolute Gasteiger partial charge is 0.453 e. The molecule has 2 atom stereocenters. The normalized spacial score (nSPS) is 19.4. The van der Waals surface area contributed by atoms with Crippen molar-refractivity contribution in [1.82, 2.24) is 25.1 Å². The number of ether oxygens (including phenoxy) is 1. The van der Waals surface area contributed by atoms with Crippen LogP contribution in [-0.4, -0.2) is 51.3 Å². The molecule has 0 radical (unpaired) electrons. The standard InChI is InChI=1S/C21H23F3N6O.ClH/c1-31-19-8-7-16(30-20(21(22,23)24)26-27-28-30)11-15(19)12-29-10-9-18(25)17(13-29)14-5-3-2-4-6-14;/h2-8,11,17-18H,9-10,12-13,25H2,1H3;1H. The largest absolute Gasteiger partial charge is 0.496 e. The fraction of sp³-hybridized carbons (Fsp3) is 0.381. The van der Waals surface area contributed by atoms with Crippen molar-refractivity contribution >= 4 is 12.4 Å². The van der Waals surface area contributed by atoms with E-state index < -0.39 is 12.0 Å². The molecule has 7 nitrogen and oxygen atoms in total. The molecule has 0 spiro atoms. The summed E-state index contributed by atoms with van der Waals surface area (Å²) in [4.78, 5) is 2.24. The Labute approximate surface area is 189 Å². The molecule has 2 N–H and O–H groups in total. The van der Waals surface area contributed by atoms with Gasteiger partial charge in [0.2, 0.25) is 0 Å². The van der Waals surface area contributed by atoms with E-state index in [4.69, 9.17) is 10.5 Å². The molecule has 11 heteroatoms. The van der Waals surface area contributed by atoms with Crippen LogP contribution < -0.4 is 10.5 Å². The lowest BCUT2D eigenvalue weighted by molar-refractivity contribution is -0.146. The van der Waals surface area contributed by atoms with Crippen LogP contribution in [0.2, 0.25) is 0 Å². The summed E-state index contributed by atoms with van der Waals surface area (Å²) in [6, 6.07) is 15.0. The maximum atomic E-state index is 13.2. The summed E-state index contributed by atoms with van der Waals surface area (Å²) in [6.07, 6.45) is -3.83. The minimum Gasteiger partial charge on any atom is -0.496 e. The van der Waals surface area contributed by atoms with E-state index in [9.17, 15) is 13.2 Å². The number of alkyl halides is 3. The fourth-order valence-electron chi connectivity index (χ4n) is 4.03. The Morgan fingerprint density at radius 1 is 1.16 bits per heavy atom. The minimum atomic E-state index is -4.66. The van der Waals surface area contributed by atoms with Crippen molar-refractivity contribution in [3.05, 3.63) is 65.5 Å². The SMILES string of the molecule is COc1ccc(-n2nnnc2C(F)(F)F)cc1CN1CCC(N)C(c2ccccc2)C1.Cl. The number of hydrogen-bond donors (Lipinski definition) is 1. The summed E-state index contributed by atoms with van der Waals surface area (Å²) in [7, 11) is 1.54. The Morgan fingerprint density at radius 3 is 2.59 bits per heavy atom. The van der Waals surface area contributed by atoms with E-state index in [0.29, 0.717) is 17.0 Å². The lowest BCUT2D eigenvalue weighted by atomic mass is 9.86. The number of aromatic nitrogens is 4. The maximum absolute atomic E-state index is 13.2. The van der Waals surface area contributed by atoms with Gasteiger partial charge in [-0.25, -0.2) is 0 Å². The summed E-state index contributed by atoms with van der Waals surface area (Å²) in [6.45, 7) is 2.05. The molecule has 2 heterocycles. The summed E-state index contributed by atoms with van der Waals surface area (Å²) in [5.74, 6) is -0.395. The molecular formula is C21H24ClF3N6O. The summed E-state index contributed by atoms with van der Waals surface area (Å²) in [5.41, 5.74) is 8.55. The maximum Gasteiger partial charge on any atom is 0.453 e. The lowest BCUT2D eigenvalue weighted by Gasteiger charge is -2.37. The van der Waals surface area contributed by atoms with Gasteiger partial charge >= 0.3 is 6.18 Å². The van der Waals surface area contributed by atoms with Gasteiger partial charge in [-0.3, -0.25) is 4.90 Å². The number of piperidine rings is 1. The van der Waals surface area contributed by atoms with Crippen molar-refractivity contribution in [2.45, 2.75) is 31.1 Å². The molecule has 32 heavy (non-hydrogen) atoms. The van der Waals surface area contributed by atoms with Gasteiger partial charge in [-0.1, -0.05) is 30.3 Å². The first-order chi connectivity index (χ1) is 14.9. The molecule has 172 valence electrons. The molecule has 0 saturated carbocycles. The second-order valence-electron chi connectivity index (χ2n) is 7.61. The molecule has 2 aromatic carbocycles. The summed E-state index contributed by atoms with van der Waals surface area (Å²) >= 11 is 0. The van der Waals surface area contributed by atoms with Crippen molar-refractivity contribution in [2.75, 3.05) is 20.2 Å². The van der Waals surface area contributed by atoms with Gasteiger partial charge in [0.25, 0.3) is 5.82 Å². The van der Waals surface area contributed by atoms with Gasteiger partial charge in [0.1, 0.15) is 5.75 Å². The monoisotopic (exact) mass is 468 g/mol. The highest BCUT2D eigenvalue weighted by Crippen LogP contribution is 2.32. The molecule has 1 fully saturated rings. The van der Waals surface area contributed by atoms with E-state index in [1.807, 2.05) is 18.2 Å². The van der Waals surface area contributed by atoms with Crippen LogP contribution in [0, 0.1) is 0 Å². The number of nitrogens with two attached hydrogens (primary N) is 1. The van der Waals surface area contributed by atoms with Crippen LogP contribution in [0.1, 0.15) is 29.3 Å². The van der Waals surface area contributed by atoms with Crippen molar-refractivity contribution < 1.29 is 17.9 Å². The average molecular weight is 469 g/mol. The fourth-order valence-corrected chi connectivity index (χ4v) is 4.03. The van der Waals surface area contributed by atoms with Gasteiger partial charge in [0.15, 0.2) is 0 Å². The summed E-state index contributed by atoms with van der Waals surface area (Å²) in [5, 5.41) is 9.84. The van der Waals surface area contributed by atoms with Gasteiger partial charge in [-0.2, -0.15) is 17.9 Å². The Balaban J connectivity index is 0.00000289. The third-order valence-corrected chi connectivity index (χ3v) is 5.60. The van der Waals surface area contributed by atoms with E-state index in [2.05, 4.69) is 32.6 Å². The van der Waals surface area contributed by atoms with Crippen molar-refractivity contribution in [2.24, 2.45) is 5.73 Å². The number of hydrogen-bond acceptors (Lipinski definition) is 6. The number of benzene rings is 2. The Morgan fingerprint density at radius 2 is 1.91 bits per heavy atom. The molecule has 0 aliphatic carbocycles. The number of nitrogens with zero attached hydrogens (tertiary/aromatic N) is 5. The van der Waals surface area contributed by atoms with Crippen LogP contribution in [0.4, 0.5) is 13.2 Å². The molecular weight excluding hydrogens is 445 g/mol. The lowest BCUT2D eigenvalue weighted by Crippen LogP contribution is -2.45. The zero-order valence-electron chi connectivity index (χ0n) is 17.4. The zero-order chi connectivity index (χ0) is 22.0. The van der Waals surface area contributed by atoms with Crippen molar-refractivity contribution in [1.29, 1.82) is 0 Å². The van der Waals surface area contributed by atoms with Crippen LogP contribution in [0.5, 0.6) is 5.75 Å². The first-order valence-electron chi connectivity index (χ1n) is 9.92. The van der Waals surface area contributed by atoms with Crippen LogP contribution in [0.15, 0.2) is 48.5 Å². The first kappa shape index (κ1) is 24.0. The Hall–Kier alpha value is -2.69. The molecule has 1 aromatic heterocycles. The van der Waals surface area contributed by atoms with E-state index in [1.165, 1.54) is 18.7 Å². The highest BCUT2D eigenvalue weighted by Gasteiger charge is 2.38. The van der Waals surface area contributed by atoms with Crippen LogP contribution in [0.25, 0.3) is 5.69 Å². The van der Waals surface area contributed by atoms with Crippen LogP contribution >= 0.6 is 12.4 Å². The second-order valence-corrected chi connectivity index (χ2v) is 7.61. The number of tetrazole rings is 1. The topological polar surface area (TPSA) is 82.1 Å². The summed E-state index contributed by atoms with van der Waals surface area (Å²) < 4.78 is 45.8. The van der Waals surface area contributed by atoms with E-state index in [1.54, 1.807) is 12.1 Å². The van der Waals surface area contributed by atoms with Gasteiger partial charge in [0, 0.05) is 37.2 Å². The minimum absolute atomic E-state index is 0. The van der Waals surface area contributed by atoms with Crippen LogP contribution in [0.3, 0.4) is 0 Å². The second kappa shape index (κ2) is 9.85. The van der Waals surface area contributed by atoms with Gasteiger partial charge in [-0.05, 0) is 40.6 Å². The van der Waals surface area contributed by atoms with E-state index >= 15 is 0 Å². The molecule has 4 rings (SSSR count). The molecule has 1 saturated heterocycles. The van der Waals surface area contributed by atoms with Crippen molar-refractivity contribution in [3.8, 4) is 11.4 Å². The molecule has 0 bridgehead atoms. The van der Waals surface area contributed by atoms with Crippen LogP contribution in [-0.2, 0) is 12.7 Å². The highest BCUT2D eigenvalue weighted by atomic mass is 35.5. The molecule has 1 aliphatic heterocycles. The predicted octanol–water partition coefficient (Wildman–Crippen LogP) is 3.43. The molecule has 3 aromatic rings. The van der Waals surface area contributed by atoms with Gasteiger partial charge in [-0.15, -0.1) is 17.5 Å². The molecule has 0 amide bonds. The molecule has 2 unspecified atom stereocenters. The van der Waals surface area contributed by atoms with E-state index in [-0.39, 0.29) is 30.1 Å². The number of methoxy groups -OCH3 is 1. The quantitative estimate of drug-likeness (QED) is 0.618. The zero-order valence-corrected chi connectivity index (χ0v) is 18.2. The average Bonchev–Trinajstić information content (AvgIpc) is 3.26. The number of halogens is 4. The Bertz CT molecular complexity index is 1030. The Kier molecular flexibility index (Phi) is 7.37. The third kappa shape index (κ3) is 5.03. The van der Waals surface area contributed by atoms with E-state index in [0.717, 1.165) is 25.1 Å². The number of likely N-dealkylation sites (tertiary alicyclic amines) is 1. The van der Waals surface area contributed by atoms with Crippen molar-refractivity contribution in [3.63, 3.8) is 0 Å². The third-order valence-electron chi connectivity index (χ3n) is 5.60. The van der Waals surface area contributed by atoms with Gasteiger partial charge in [0.05, 0.1) is 12.8 Å². The molecule has 1 aliphatic rings. The highest BCUT2D eigenvalue weighted by molar-refractivity contribution is 5.85. The number of rotatable bonds is 5. The predicted molar refractivity (Wildman–Crippen MR) is 115 cm³/mol. The first-order valence-corrected chi connectivity index (χ1v) is 9.92. The van der Waals surface area contributed by atoms with Gasteiger partial charge < -0.3 is 10.5 Å².